The first kappa shape index (κ1) is 13.4. The standard InChI is InChI=1S/C9H16O4S/c1-3-5-9(6-4-7-13-2)8-14(10,11)12/h9H,4,6-8H2,1-2H3,(H,10,11,12). The zero-order chi connectivity index (χ0) is 11.0. The molecule has 0 aromatic rings. The van der Waals surface area contributed by atoms with Gasteiger partial charge in [0.2, 0.25) is 0 Å². The molecule has 14 heavy (non-hydrogen) atoms. The highest BCUT2D eigenvalue weighted by Crippen LogP contribution is 2.08. The molecule has 0 fully saturated rings. The lowest BCUT2D eigenvalue weighted by Crippen LogP contribution is -2.14. The second-order valence-corrected chi connectivity index (χ2v) is 4.47. The smallest absolute Gasteiger partial charge is 0.266 e. The molecule has 0 amide bonds. The fraction of sp³-hybridized carbons (Fsp3) is 0.778. The lowest BCUT2D eigenvalue weighted by molar-refractivity contribution is 0.190. The van der Waals surface area contributed by atoms with Crippen molar-refractivity contribution in [1.29, 1.82) is 0 Å². The van der Waals surface area contributed by atoms with Gasteiger partial charge < -0.3 is 4.74 Å². The Morgan fingerprint density at radius 3 is 2.57 bits per heavy atom. The summed E-state index contributed by atoms with van der Waals surface area (Å²) in [5, 5.41) is 0. The van der Waals surface area contributed by atoms with E-state index in [4.69, 9.17) is 9.29 Å². The molecule has 0 radical (unpaired) electrons. The molecule has 1 atom stereocenters. The molecule has 0 aromatic heterocycles. The van der Waals surface area contributed by atoms with E-state index in [0.717, 1.165) is 6.42 Å². The minimum absolute atomic E-state index is 0.294. The Morgan fingerprint density at radius 2 is 2.14 bits per heavy atom. The zero-order valence-corrected chi connectivity index (χ0v) is 9.30. The molecule has 1 N–H and O–H groups in total. The van der Waals surface area contributed by atoms with Gasteiger partial charge in [-0.05, 0) is 19.8 Å². The van der Waals surface area contributed by atoms with E-state index in [0.29, 0.717) is 13.0 Å². The molecule has 0 rings (SSSR count). The van der Waals surface area contributed by atoms with E-state index in [1.54, 1.807) is 14.0 Å². The molecule has 0 aliphatic heterocycles. The highest BCUT2D eigenvalue weighted by atomic mass is 32.2. The van der Waals surface area contributed by atoms with Crippen LogP contribution in [0.15, 0.2) is 0 Å². The van der Waals surface area contributed by atoms with Crippen molar-refractivity contribution in [2.75, 3.05) is 19.5 Å². The van der Waals surface area contributed by atoms with Crippen LogP contribution in [0.2, 0.25) is 0 Å². The summed E-state index contributed by atoms with van der Waals surface area (Å²) < 4.78 is 34.7. The van der Waals surface area contributed by atoms with Gasteiger partial charge in [0.25, 0.3) is 10.1 Å². The van der Waals surface area contributed by atoms with Gasteiger partial charge in [-0.25, -0.2) is 0 Å². The topological polar surface area (TPSA) is 63.6 Å². The Balaban J connectivity index is 4.08. The van der Waals surface area contributed by atoms with E-state index in [1.165, 1.54) is 0 Å². The summed E-state index contributed by atoms with van der Waals surface area (Å²) in [6, 6.07) is 0. The maximum atomic E-state index is 10.6. The van der Waals surface area contributed by atoms with Crippen LogP contribution in [0.3, 0.4) is 0 Å². The highest BCUT2D eigenvalue weighted by molar-refractivity contribution is 7.85. The molecule has 0 aliphatic carbocycles. The molecular weight excluding hydrogens is 204 g/mol. The molecule has 82 valence electrons. The van der Waals surface area contributed by atoms with E-state index in [9.17, 15) is 8.42 Å². The molecule has 0 aromatic carbocycles. The molecule has 1 unspecified atom stereocenters. The lowest BCUT2D eigenvalue weighted by atomic mass is 10.1. The highest BCUT2D eigenvalue weighted by Gasteiger charge is 2.14. The van der Waals surface area contributed by atoms with E-state index in [1.807, 2.05) is 0 Å². The van der Waals surface area contributed by atoms with Gasteiger partial charge in [0.05, 0.1) is 5.75 Å². The van der Waals surface area contributed by atoms with E-state index < -0.39 is 10.1 Å². The average molecular weight is 220 g/mol. The van der Waals surface area contributed by atoms with Crippen molar-refractivity contribution in [3.05, 3.63) is 0 Å². The minimum atomic E-state index is -3.93. The van der Waals surface area contributed by atoms with Gasteiger partial charge in [0.15, 0.2) is 0 Å². The largest absolute Gasteiger partial charge is 0.385 e. The van der Waals surface area contributed by atoms with Gasteiger partial charge >= 0.3 is 0 Å². The lowest BCUT2D eigenvalue weighted by Gasteiger charge is -2.07. The fourth-order valence-corrected chi connectivity index (χ4v) is 1.89. The van der Waals surface area contributed by atoms with Crippen molar-refractivity contribution in [1.82, 2.24) is 0 Å². The minimum Gasteiger partial charge on any atom is -0.385 e. The van der Waals surface area contributed by atoms with Crippen molar-refractivity contribution < 1.29 is 17.7 Å². The third-order valence-electron chi connectivity index (χ3n) is 1.66. The molecule has 5 heteroatoms. The Kier molecular flexibility index (Phi) is 6.54. The predicted molar refractivity (Wildman–Crippen MR) is 54.5 cm³/mol. The van der Waals surface area contributed by atoms with Gasteiger partial charge in [-0.15, -0.1) is 5.92 Å². The summed E-state index contributed by atoms with van der Waals surface area (Å²) in [6.45, 7) is 2.22. The number of hydrogen-bond donors (Lipinski definition) is 1. The third-order valence-corrected chi connectivity index (χ3v) is 2.48. The van der Waals surface area contributed by atoms with Gasteiger partial charge in [0, 0.05) is 19.6 Å². The normalized spacial score (nSPS) is 13.1. The molecule has 0 saturated carbocycles. The Labute approximate surface area is 85.4 Å². The zero-order valence-electron chi connectivity index (χ0n) is 8.49. The molecule has 0 saturated heterocycles. The second-order valence-electron chi connectivity index (χ2n) is 2.97. The quantitative estimate of drug-likeness (QED) is 0.411. The van der Waals surface area contributed by atoms with Gasteiger partial charge in [-0.1, -0.05) is 5.92 Å². The van der Waals surface area contributed by atoms with Gasteiger partial charge in [0.1, 0.15) is 0 Å². The van der Waals surface area contributed by atoms with Crippen LogP contribution in [-0.4, -0.2) is 32.4 Å². The van der Waals surface area contributed by atoms with Crippen LogP contribution in [0.25, 0.3) is 0 Å². The van der Waals surface area contributed by atoms with Crippen LogP contribution in [0, 0.1) is 17.8 Å². The second kappa shape index (κ2) is 6.82. The number of methoxy groups -OCH3 is 1. The maximum Gasteiger partial charge on any atom is 0.266 e. The van der Waals surface area contributed by atoms with Crippen LogP contribution >= 0.6 is 0 Å². The maximum absolute atomic E-state index is 10.6. The molecule has 0 aliphatic rings. The Hall–Kier alpha value is -0.570. The number of ether oxygens (including phenoxy) is 1. The van der Waals surface area contributed by atoms with Crippen LogP contribution < -0.4 is 0 Å². The van der Waals surface area contributed by atoms with Crippen molar-refractivity contribution in [3.63, 3.8) is 0 Å². The molecule has 0 spiro atoms. The number of rotatable bonds is 6. The summed E-state index contributed by atoms with van der Waals surface area (Å²) >= 11 is 0. The summed E-state index contributed by atoms with van der Waals surface area (Å²) in [7, 11) is -2.34. The molecule has 0 heterocycles. The van der Waals surface area contributed by atoms with Crippen molar-refractivity contribution >= 4 is 10.1 Å². The molecule has 4 nitrogen and oxygen atoms in total. The van der Waals surface area contributed by atoms with Crippen LogP contribution in [-0.2, 0) is 14.9 Å². The first-order valence-electron chi connectivity index (χ1n) is 4.36. The average Bonchev–Trinajstić information content (AvgIpc) is 2.02. The van der Waals surface area contributed by atoms with E-state index in [2.05, 4.69) is 11.8 Å². The number of hydrogen-bond acceptors (Lipinski definition) is 3. The van der Waals surface area contributed by atoms with Gasteiger partial charge in [-0.3, -0.25) is 4.55 Å². The Bertz CT molecular complexity index is 297. The molecule has 0 bridgehead atoms. The van der Waals surface area contributed by atoms with Crippen molar-refractivity contribution in [3.8, 4) is 11.8 Å². The summed E-state index contributed by atoms with van der Waals surface area (Å²) in [6.07, 6.45) is 1.36. The first-order valence-corrected chi connectivity index (χ1v) is 5.97. The SMILES string of the molecule is CC#CC(CCCOC)CS(=O)(=O)O. The monoisotopic (exact) mass is 220 g/mol. The van der Waals surface area contributed by atoms with Crippen LogP contribution in [0.5, 0.6) is 0 Å². The molecular formula is C9H16O4S. The van der Waals surface area contributed by atoms with Gasteiger partial charge in [-0.2, -0.15) is 8.42 Å². The Morgan fingerprint density at radius 1 is 1.50 bits per heavy atom. The van der Waals surface area contributed by atoms with Crippen LogP contribution in [0.4, 0.5) is 0 Å². The first-order chi connectivity index (χ1) is 6.49. The fourth-order valence-electron chi connectivity index (χ4n) is 1.13. The van der Waals surface area contributed by atoms with Crippen molar-refractivity contribution in [2.24, 2.45) is 5.92 Å². The van der Waals surface area contributed by atoms with Crippen molar-refractivity contribution in [2.45, 2.75) is 19.8 Å². The summed E-state index contributed by atoms with van der Waals surface area (Å²) in [4.78, 5) is 0. The summed E-state index contributed by atoms with van der Waals surface area (Å²) in [5.74, 6) is 4.81. The predicted octanol–water partition coefficient (Wildman–Crippen LogP) is 0.940. The van der Waals surface area contributed by atoms with E-state index >= 15 is 0 Å². The summed E-state index contributed by atoms with van der Waals surface area (Å²) in [5.41, 5.74) is 0. The van der Waals surface area contributed by atoms with E-state index in [-0.39, 0.29) is 11.7 Å². The van der Waals surface area contributed by atoms with Crippen LogP contribution in [0.1, 0.15) is 19.8 Å². The third kappa shape index (κ3) is 8.05.